The third-order valence-electron chi connectivity index (χ3n) is 9.58. The Hall–Kier alpha value is -3.47. The van der Waals surface area contributed by atoms with Crippen LogP contribution in [-0.4, -0.2) is 17.9 Å². The van der Waals surface area contributed by atoms with E-state index in [1.165, 1.54) is 41.0 Å². The molecule has 0 aromatic heterocycles. The van der Waals surface area contributed by atoms with Gasteiger partial charge in [-0.25, -0.2) is 4.39 Å². The average molecular weight is 541 g/mol. The Bertz CT molecular complexity index is 1370. The first-order valence-corrected chi connectivity index (χ1v) is 14.6. The Morgan fingerprint density at radius 2 is 1.70 bits per heavy atom. The zero-order chi connectivity index (χ0) is 28.5. The molecule has 2 aliphatic carbocycles. The molecule has 3 aromatic carbocycles. The highest BCUT2D eigenvalue weighted by molar-refractivity contribution is 5.98. The summed E-state index contributed by atoms with van der Waals surface area (Å²) in [6.45, 7) is 8.91. The number of halogens is 1. The second kappa shape index (κ2) is 11.2. The van der Waals surface area contributed by atoms with E-state index in [9.17, 15) is 14.0 Å². The number of carbonyl (C=O) groups is 2. The summed E-state index contributed by atoms with van der Waals surface area (Å²) in [4.78, 5) is 27.7. The van der Waals surface area contributed by atoms with Crippen molar-refractivity contribution in [1.29, 1.82) is 0 Å². The smallest absolute Gasteiger partial charge is 0.247 e. The van der Waals surface area contributed by atoms with Crippen molar-refractivity contribution in [3.05, 3.63) is 101 Å². The molecule has 3 aromatic rings. The Kier molecular flexibility index (Phi) is 7.85. The molecule has 40 heavy (non-hydrogen) atoms. The maximum atomic E-state index is 14.2. The molecular weight excluding hydrogens is 499 g/mol. The Morgan fingerprint density at radius 3 is 2.40 bits per heavy atom. The third kappa shape index (κ3) is 5.43. The van der Waals surface area contributed by atoms with Gasteiger partial charge >= 0.3 is 0 Å². The number of rotatable bonds is 7. The molecule has 4 nitrogen and oxygen atoms in total. The van der Waals surface area contributed by atoms with Crippen LogP contribution in [0.1, 0.15) is 81.5 Å². The SMILES string of the molecule is CC(C)c1ccc2c(c1)CC[C@H]1[C@](C)(C(=O)N[C@H](Cc3ccccc3)C(=O)Nc3ccc(F)cc3)CCC[C@]21C. The second-order valence-electron chi connectivity index (χ2n) is 12.6. The lowest BCUT2D eigenvalue weighted by molar-refractivity contribution is -0.141. The van der Waals surface area contributed by atoms with Gasteiger partial charge in [0, 0.05) is 12.1 Å². The molecule has 2 amide bonds. The molecule has 0 saturated heterocycles. The standard InChI is InChI=1S/C35H41FN2O2/c1-23(2)25-11-17-29-26(22-25)12-18-31-34(29,3)19-8-20-35(31,4)33(40)38-30(21-24-9-6-5-7-10-24)32(39)37-28-15-13-27(36)14-16-28/h5-7,9-11,13-17,22-23,30-31H,8,12,18-21H2,1-4H3,(H,37,39)(H,38,40)/t30-,31-,34-,35-/m1/s1. The van der Waals surface area contributed by atoms with Crippen LogP contribution in [-0.2, 0) is 27.8 Å². The van der Waals surface area contributed by atoms with Gasteiger partial charge < -0.3 is 10.6 Å². The van der Waals surface area contributed by atoms with Gasteiger partial charge in [0.2, 0.25) is 11.8 Å². The average Bonchev–Trinajstić information content (AvgIpc) is 2.94. The van der Waals surface area contributed by atoms with Gasteiger partial charge in [-0.05, 0) is 89.5 Å². The molecule has 2 aliphatic rings. The van der Waals surface area contributed by atoms with Crippen LogP contribution in [0.2, 0.25) is 0 Å². The van der Waals surface area contributed by atoms with Gasteiger partial charge in [-0.1, -0.05) is 82.6 Å². The van der Waals surface area contributed by atoms with Gasteiger partial charge in [-0.3, -0.25) is 9.59 Å². The lowest BCUT2D eigenvalue weighted by Crippen LogP contribution is -2.58. The molecule has 0 unspecified atom stereocenters. The van der Waals surface area contributed by atoms with Crippen molar-refractivity contribution in [3.63, 3.8) is 0 Å². The molecule has 5 rings (SSSR count). The van der Waals surface area contributed by atoms with E-state index >= 15 is 0 Å². The van der Waals surface area contributed by atoms with Crippen LogP contribution in [0.4, 0.5) is 10.1 Å². The molecule has 0 bridgehead atoms. The first-order chi connectivity index (χ1) is 19.1. The van der Waals surface area contributed by atoms with E-state index in [-0.39, 0.29) is 29.0 Å². The minimum Gasteiger partial charge on any atom is -0.343 e. The summed E-state index contributed by atoms with van der Waals surface area (Å²) in [5, 5.41) is 6.06. The van der Waals surface area contributed by atoms with Crippen molar-refractivity contribution in [2.24, 2.45) is 11.3 Å². The van der Waals surface area contributed by atoms with Crippen LogP contribution >= 0.6 is 0 Å². The van der Waals surface area contributed by atoms with Crippen molar-refractivity contribution in [3.8, 4) is 0 Å². The van der Waals surface area contributed by atoms with Crippen molar-refractivity contribution in [2.45, 2.75) is 83.6 Å². The van der Waals surface area contributed by atoms with E-state index in [1.807, 2.05) is 30.3 Å². The van der Waals surface area contributed by atoms with Crippen molar-refractivity contribution < 1.29 is 14.0 Å². The zero-order valence-corrected chi connectivity index (χ0v) is 24.1. The summed E-state index contributed by atoms with van der Waals surface area (Å²) < 4.78 is 13.4. The van der Waals surface area contributed by atoms with Crippen molar-refractivity contribution >= 4 is 17.5 Å². The van der Waals surface area contributed by atoms with E-state index < -0.39 is 11.5 Å². The lowest BCUT2D eigenvalue weighted by atomic mass is 9.49. The highest BCUT2D eigenvalue weighted by atomic mass is 19.1. The minimum atomic E-state index is -0.755. The second-order valence-corrected chi connectivity index (χ2v) is 12.6. The number of carbonyl (C=O) groups excluding carboxylic acids is 2. The topological polar surface area (TPSA) is 58.2 Å². The van der Waals surface area contributed by atoms with Gasteiger partial charge in [-0.2, -0.15) is 0 Å². The number of benzene rings is 3. The summed E-state index contributed by atoms with van der Waals surface area (Å²) in [6, 6.07) is 21.6. The summed E-state index contributed by atoms with van der Waals surface area (Å²) in [5.41, 5.74) is 4.98. The fraction of sp³-hybridized carbons (Fsp3) is 0.429. The van der Waals surface area contributed by atoms with Gasteiger partial charge in [0.1, 0.15) is 11.9 Å². The van der Waals surface area contributed by atoms with Crippen LogP contribution in [0, 0.1) is 17.2 Å². The minimum absolute atomic E-state index is 0.0548. The summed E-state index contributed by atoms with van der Waals surface area (Å²) >= 11 is 0. The van der Waals surface area contributed by atoms with E-state index in [0.717, 1.165) is 37.7 Å². The van der Waals surface area contributed by atoms with Crippen LogP contribution < -0.4 is 10.6 Å². The van der Waals surface area contributed by atoms with Crippen molar-refractivity contribution in [1.82, 2.24) is 5.32 Å². The highest BCUT2D eigenvalue weighted by Crippen LogP contribution is 2.57. The Morgan fingerprint density at radius 1 is 0.975 bits per heavy atom. The largest absolute Gasteiger partial charge is 0.343 e. The van der Waals surface area contributed by atoms with Crippen LogP contribution in [0.3, 0.4) is 0 Å². The molecule has 5 heteroatoms. The molecular formula is C35H41FN2O2. The van der Waals surface area contributed by atoms with Gasteiger partial charge in [0.25, 0.3) is 0 Å². The maximum absolute atomic E-state index is 14.2. The number of anilines is 1. The fourth-order valence-corrected chi connectivity index (χ4v) is 7.29. The number of hydrogen-bond acceptors (Lipinski definition) is 2. The number of fused-ring (bicyclic) bond motifs is 3. The number of amides is 2. The molecule has 0 heterocycles. The highest BCUT2D eigenvalue weighted by Gasteiger charge is 2.55. The predicted octanol–water partition coefficient (Wildman–Crippen LogP) is 7.33. The number of nitrogens with one attached hydrogen (secondary N) is 2. The normalized spacial score (nSPS) is 24.5. The molecule has 0 aliphatic heterocycles. The molecule has 0 spiro atoms. The van der Waals surface area contributed by atoms with Crippen LogP contribution in [0.25, 0.3) is 0 Å². The maximum Gasteiger partial charge on any atom is 0.247 e. The third-order valence-corrected chi connectivity index (χ3v) is 9.58. The Balaban J connectivity index is 1.41. The molecule has 2 N–H and O–H groups in total. The predicted molar refractivity (Wildman–Crippen MR) is 159 cm³/mol. The zero-order valence-electron chi connectivity index (χ0n) is 24.1. The number of hydrogen-bond donors (Lipinski definition) is 2. The monoisotopic (exact) mass is 540 g/mol. The van der Waals surface area contributed by atoms with E-state index in [0.29, 0.717) is 18.0 Å². The summed E-state index contributed by atoms with van der Waals surface area (Å²) in [6.07, 6.45) is 5.13. The summed E-state index contributed by atoms with van der Waals surface area (Å²) in [7, 11) is 0. The first kappa shape index (κ1) is 28.1. The van der Waals surface area contributed by atoms with Crippen molar-refractivity contribution in [2.75, 3.05) is 5.32 Å². The Labute approximate surface area is 237 Å². The molecule has 210 valence electrons. The summed E-state index contributed by atoms with van der Waals surface area (Å²) in [5.74, 6) is -0.0542. The van der Waals surface area contributed by atoms with Crippen LogP contribution in [0.5, 0.6) is 0 Å². The van der Waals surface area contributed by atoms with E-state index in [1.54, 1.807) is 0 Å². The fourth-order valence-electron chi connectivity index (χ4n) is 7.29. The lowest BCUT2D eigenvalue weighted by Gasteiger charge is -2.54. The van der Waals surface area contributed by atoms with E-state index in [2.05, 4.69) is 56.5 Å². The molecule has 1 saturated carbocycles. The first-order valence-electron chi connectivity index (χ1n) is 14.6. The van der Waals surface area contributed by atoms with Gasteiger partial charge in [-0.15, -0.1) is 0 Å². The van der Waals surface area contributed by atoms with Gasteiger partial charge in [0.15, 0.2) is 0 Å². The number of aryl methyl sites for hydroxylation is 1. The molecule has 0 radical (unpaired) electrons. The van der Waals surface area contributed by atoms with Gasteiger partial charge in [0.05, 0.1) is 5.41 Å². The van der Waals surface area contributed by atoms with E-state index in [4.69, 9.17) is 0 Å². The molecule has 1 fully saturated rings. The molecule has 4 atom stereocenters. The quantitative estimate of drug-likeness (QED) is 0.330. The van der Waals surface area contributed by atoms with Crippen LogP contribution in [0.15, 0.2) is 72.8 Å².